The molecule has 15 heavy (non-hydrogen) atoms. The van der Waals surface area contributed by atoms with Gasteiger partial charge in [-0.15, -0.1) is 0 Å². The van der Waals surface area contributed by atoms with Gasteiger partial charge in [0.1, 0.15) is 0 Å². The number of hydrogen-bond donors (Lipinski definition) is 1. The van der Waals surface area contributed by atoms with Crippen molar-refractivity contribution < 1.29 is 4.74 Å². The maximum atomic E-state index is 5.98. The molecule has 0 aliphatic carbocycles. The molecular formula is C13H27NO. The highest BCUT2D eigenvalue weighted by molar-refractivity contribution is 4.86. The highest BCUT2D eigenvalue weighted by atomic mass is 16.5. The average molecular weight is 213 g/mol. The van der Waals surface area contributed by atoms with Crippen LogP contribution in [-0.4, -0.2) is 24.8 Å². The lowest BCUT2D eigenvalue weighted by atomic mass is 9.91. The zero-order valence-electron chi connectivity index (χ0n) is 10.8. The van der Waals surface area contributed by atoms with Gasteiger partial charge in [0, 0.05) is 6.04 Å². The SMILES string of the molecule is CCCC(C)C(NCC)C1CCC(C)O1. The molecule has 0 radical (unpaired) electrons. The van der Waals surface area contributed by atoms with Crippen LogP contribution in [-0.2, 0) is 4.74 Å². The van der Waals surface area contributed by atoms with Gasteiger partial charge in [0.05, 0.1) is 12.2 Å². The fraction of sp³-hybridized carbons (Fsp3) is 1.00. The summed E-state index contributed by atoms with van der Waals surface area (Å²) < 4.78 is 5.98. The molecule has 0 spiro atoms. The van der Waals surface area contributed by atoms with Gasteiger partial charge in [-0.2, -0.15) is 0 Å². The lowest BCUT2D eigenvalue weighted by Gasteiger charge is -2.29. The second kappa shape index (κ2) is 6.49. The second-order valence-corrected chi connectivity index (χ2v) is 4.91. The van der Waals surface area contributed by atoms with E-state index in [1.54, 1.807) is 0 Å². The van der Waals surface area contributed by atoms with Crippen molar-refractivity contribution in [1.82, 2.24) is 5.32 Å². The van der Waals surface area contributed by atoms with E-state index in [1.807, 2.05) is 0 Å². The van der Waals surface area contributed by atoms with Gasteiger partial charge < -0.3 is 10.1 Å². The third kappa shape index (κ3) is 3.76. The second-order valence-electron chi connectivity index (χ2n) is 4.91. The maximum absolute atomic E-state index is 5.98. The van der Waals surface area contributed by atoms with Crippen LogP contribution in [0.2, 0.25) is 0 Å². The van der Waals surface area contributed by atoms with E-state index < -0.39 is 0 Å². The van der Waals surface area contributed by atoms with E-state index in [0.717, 1.165) is 12.5 Å². The molecule has 1 fully saturated rings. The zero-order chi connectivity index (χ0) is 11.3. The van der Waals surface area contributed by atoms with E-state index >= 15 is 0 Å². The lowest BCUT2D eigenvalue weighted by Crippen LogP contribution is -2.44. The van der Waals surface area contributed by atoms with Gasteiger partial charge >= 0.3 is 0 Å². The summed E-state index contributed by atoms with van der Waals surface area (Å²) in [5.74, 6) is 0.727. The summed E-state index contributed by atoms with van der Waals surface area (Å²) in [5, 5.41) is 3.60. The molecule has 1 saturated heterocycles. The molecule has 1 aliphatic heterocycles. The molecule has 1 aliphatic rings. The standard InChI is InChI=1S/C13H27NO/c1-5-7-10(3)13(14-6-2)12-9-8-11(4)15-12/h10-14H,5-9H2,1-4H3. The van der Waals surface area contributed by atoms with Crippen molar-refractivity contribution in [2.45, 2.75) is 71.6 Å². The Bertz CT molecular complexity index is 172. The van der Waals surface area contributed by atoms with Crippen LogP contribution in [0.5, 0.6) is 0 Å². The van der Waals surface area contributed by atoms with Gasteiger partial charge in [0.2, 0.25) is 0 Å². The minimum Gasteiger partial charge on any atom is -0.374 e. The van der Waals surface area contributed by atoms with Crippen LogP contribution in [0.3, 0.4) is 0 Å². The molecule has 1 rings (SSSR count). The first kappa shape index (κ1) is 13.0. The van der Waals surface area contributed by atoms with Gasteiger partial charge in [-0.1, -0.05) is 27.2 Å². The van der Waals surface area contributed by atoms with Gasteiger partial charge in [-0.25, -0.2) is 0 Å². The Kier molecular flexibility index (Phi) is 5.62. The highest BCUT2D eigenvalue weighted by Gasteiger charge is 2.31. The predicted octanol–water partition coefficient (Wildman–Crippen LogP) is 2.97. The first-order valence-corrected chi connectivity index (χ1v) is 6.57. The zero-order valence-corrected chi connectivity index (χ0v) is 10.8. The first-order chi connectivity index (χ1) is 7.19. The molecule has 1 heterocycles. The topological polar surface area (TPSA) is 21.3 Å². The molecule has 4 atom stereocenters. The fourth-order valence-corrected chi connectivity index (χ4v) is 2.67. The third-order valence-corrected chi connectivity index (χ3v) is 3.46. The fourth-order valence-electron chi connectivity index (χ4n) is 2.67. The molecule has 0 aromatic heterocycles. The van der Waals surface area contributed by atoms with Crippen molar-refractivity contribution >= 4 is 0 Å². The van der Waals surface area contributed by atoms with Crippen molar-refractivity contribution in [1.29, 1.82) is 0 Å². The minimum atomic E-state index is 0.446. The summed E-state index contributed by atoms with van der Waals surface area (Å²) in [6.45, 7) is 10.0. The molecule has 90 valence electrons. The largest absolute Gasteiger partial charge is 0.374 e. The van der Waals surface area contributed by atoms with Crippen LogP contribution in [0.4, 0.5) is 0 Å². The van der Waals surface area contributed by atoms with Crippen LogP contribution in [0.15, 0.2) is 0 Å². The van der Waals surface area contributed by atoms with E-state index in [0.29, 0.717) is 18.2 Å². The molecule has 2 nitrogen and oxygen atoms in total. The quantitative estimate of drug-likeness (QED) is 0.732. The molecule has 1 N–H and O–H groups in total. The molecule has 0 aromatic carbocycles. The average Bonchev–Trinajstić information content (AvgIpc) is 2.61. The van der Waals surface area contributed by atoms with Crippen molar-refractivity contribution in [2.24, 2.45) is 5.92 Å². The Balaban J connectivity index is 2.48. The van der Waals surface area contributed by atoms with Gasteiger partial charge in [0.15, 0.2) is 0 Å². The Morgan fingerprint density at radius 3 is 2.53 bits per heavy atom. The molecule has 0 bridgehead atoms. The summed E-state index contributed by atoms with van der Waals surface area (Å²) in [6, 6.07) is 0.555. The summed E-state index contributed by atoms with van der Waals surface area (Å²) in [4.78, 5) is 0. The van der Waals surface area contributed by atoms with Crippen molar-refractivity contribution in [2.75, 3.05) is 6.54 Å². The molecule has 0 amide bonds. The Morgan fingerprint density at radius 2 is 2.07 bits per heavy atom. The lowest BCUT2D eigenvalue weighted by molar-refractivity contribution is 0.0185. The van der Waals surface area contributed by atoms with Crippen LogP contribution in [0.25, 0.3) is 0 Å². The molecule has 4 unspecified atom stereocenters. The minimum absolute atomic E-state index is 0.446. The van der Waals surface area contributed by atoms with E-state index in [2.05, 4.69) is 33.0 Å². The van der Waals surface area contributed by atoms with Crippen LogP contribution in [0, 0.1) is 5.92 Å². The Morgan fingerprint density at radius 1 is 1.33 bits per heavy atom. The van der Waals surface area contributed by atoms with Crippen LogP contribution >= 0.6 is 0 Å². The van der Waals surface area contributed by atoms with Gasteiger partial charge in [-0.3, -0.25) is 0 Å². The third-order valence-electron chi connectivity index (χ3n) is 3.46. The summed E-state index contributed by atoms with van der Waals surface area (Å²) in [6.07, 6.45) is 5.93. The van der Waals surface area contributed by atoms with Crippen LogP contribution in [0.1, 0.15) is 53.4 Å². The Labute approximate surface area is 94.8 Å². The van der Waals surface area contributed by atoms with E-state index in [9.17, 15) is 0 Å². The predicted molar refractivity (Wildman–Crippen MR) is 65.1 cm³/mol. The normalized spacial score (nSPS) is 30.4. The first-order valence-electron chi connectivity index (χ1n) is 6.57. The molecular weight excluding hydrogens is 186 g/mol. The summed E-state index contributed by atoms with van der Waals surface area (Å²) in [5.41, 5.74) is 0. The summed E-state index contributed by atoms with van der Waals surface area (Å²) in [7, 11) is 0. The van der Waals surface area contributed by atoms with E-state index in [4.69, 9.17) is 4.74 Å². The van der Waals surface area contributed by atoms with Crippen molar-refractivity contribution in [3.05, 3.63) is 0 Å². The maximum Gasteiger partial charge on any atom is 0.0735 e. The highest BCUT2D eigenvalue weighted by Crippen LogP contribution is 2.26. The number of ether oxygens (including phenoxy) is 1. The molecule has 2 heteroatoms. The number of likely N-dealkylation sites (N-methyl/N-ethyl adjacent to an activating group) is 1. The smallest absolute Gasteiger partial charge is 0.0735 e. The molecule has 0 saturated carbocycles. The summed E-state index contributed by atoms with van der Waals surface area (Å²) >= 11 is 0. The van der Waals surface area contributed by atoms with E-state index in [1.165, 1.54) is 25.7 Å². The number of hydrogen-bond acceptors (Lipinski definition) is 2. The van der Waals surface area contributed by atoms with Crippen LogP contribution < -0.4 is 5.32 Å². The van der Waals surface area contributed by atoms with Gasteiger partial charge in [0.25, 0.3) is 0 Å². The van der Waals surface area contributed by atoms with Crippen molar-refractivity contribution in [3.63, 3.8) is 0 Å². The van der Waals surface area contributed by atoms with Gasteiger partial charge in [-0.05, 0) is 38.6 Å². The van der Waals surface area contributed by atoms with E-state index in [-0.39, 0.29) is 0 Å². The number of nitrogens with one attached hydrogen (secondary N) is 1. The molecule has 0 aromatic rings. The Hall–Kier alpha value is -0.0800. The monoisotopic (exact) mass is 213 g/mol. The number of rotatable bonds is 6. The van der Waals surface area contributed by atoms with Crippen molar-refractivity contribution in [3.8, 4) is 0 Å².